The quantitative estimate of drug-likeness (QED) is 0.618. The Balaban J connectivity index is 1.26. The lowest BCUT2D eigenvalue weighted by Crippen LogP contribution is -2.49. The maximum atomic E-state index is 13.5. The lowest BCUT2D eigenvalue weighted by molar-refractivity contribution is -0.134. The minimum absolute atomic E-state index is 0.125. The molecule has 0 bridgehead atoms. The van der Waals surface area contributed by atoms with E-state index in [1.54, 1.807) is 6.07 Å². The molecule has 8 nitrogen and oxygen atoms in total. The third-order valence-corrected chi connectivity index (χ3v) is 7.28. The zero-order valence-corrected chi connectivity index (χ0v) is 19.3. The first kappa shape index (κ1) is 23.0. The van der Waals surface area contributed by atoms with E-state index in [2.05, 4.69) is 20.4 Å². The van der Waals surface area contributed by atoms with E-state index in [4.69, 9.17) is 0 Å². The van der Waals surface area contributed by atoms with Crippen LogP contribution in [-0.4, -0.2) is 81.0 Å². The molecule has 2 fully saturated rings. The highest BCUT2D eigenvalue weighted by atomic mass is 19.1. The molecule has 0 spiro atoms. The van der Waals surface area contributed by atoms with E-state index in [0.29, 0.717) is 43.7 Å². The lowest BCUT2D eigenvalue weighted by Gasteiger charge is -2.36. The summed E-state index contributed by atoms with van der Waals surface area (Å²) in [5.74, 6) is 0.306. The Bertz CT molecular complexity index is 1060. The molecule has 0 saturated carbocycles. The summed E-state index contributed by atoms with van der Waals surface area (Å²) in [6.45, 7) is 3.33. The van der Waals surface area contributed by atoms with Crippen LogP contribution in [0.1, 0.15) is 43.2 Å². The number of phenols is 1. The van der Waals surface area contributed by atoms with Gasteiger partial charge in [0, 0.05) is 42.9 Å². The molecule has 3 N–H and O–H groups in total. The van der Waals surface area contributed by atoms with Gasteiger partial charge in [-0.3, -0.25) is 9.69 Å². The van der Waals surface area contributed by atoms with E-state index in [0.717, 1.165) is 68.2 Å². The Labute approximate surface area is 198 Å². The molecule has 0 radical (unpaired) electrons. The highest BCUT2D eigenvalue weighted by Gasteiger charge is 2.28. The third-order valence-electron chi connectivity index (χ3n) is 7.28. The monoisotopic (exact) mass is 469 g/mol. The Morgan fingerprint density at radius 3 is 2.68 bits per heavy atom. The molecule has 5 rings (SSSR count). The first-order valence-electron chi connectivity index (χ1n) is 12.3. The van der Waals surface area contributed by atoms with Gasteiger partial charge in [0.25, 0.3) is 0 Å². The van der Waals surface area contributed by atoms with Crippen molar-refractivity contribution in [3.8, 4) is 17.0 Å². The smallest absolute Gasteiger partial charge is 0.236 e. The SMILES string of the molecule is O=C(CN1CCC[C@@H](Nc2nnc(-c3ccc(F)cc3O)c3c2CCC3)C1)N1CCC(O)CC1. The maximum Gasteiger partial charge on any atom is 0.236 e. The van der Waals surface area contributed by atoms with E-state index < -0.39 is 5.82 Å². The van der Waals surface area contributed by atoms with Gasteiger partial charge in [-0.05, 0) is 69.2 Å². The van der Waals surface area contributed by atoms with Crippen LogP contribution in [0.2, 0.25) is 0 Å². The van der Waals surface area contributed by atoms with Gasteiger partial charge in [0.1, 0.15) is 17.3 Å². The van der Waals surface area contributed by atoms with E-state index in [9.17, 15) is 19.4 Å². The Morgan fingerprint density at radius 1 is 1.09 bits per heavy atom. The van der Waals surface area contributed by atoms with Gasteiger partial charge < -0.3 is 20.4 Å². The van der Waals surface area contributed by atoms with Crippen LogP contribution in [0.15, 0.2) is 18.2 Å². The molecule has 0 unspecified atom stereocenters. The number of anilines is 1. The zero-order chi connectivity index (χ0) is 23.7. The van der Waals surface area contributed by atoms with Crippen LogP contribution < -0.4 is 5.32 Å². The highest BCUT2D eigenvalue weighted by Crippen LogP contribution is 2.37. The number of aromatic hydroxyl groups is 1. The number of aliphatic hydroxyl groups is 1. The van der Waals surface area contributed by atoms with Crippen LogP contribution in [0.4, 0.5) is 10.2 Å². The van der Waals surface area contributed by atoms with Crippen molar-refractivity contribution in [3.63, 3.8) is 0 Å². The van der Waals surface area contributed by atoms with Crippen molar-refractivity contribution in [3.05, 3.63) is 35.1 Å². The molecule has 3 heterocycles. The summed E-state index contributed by atoms with van der Waals surface area (Å²) in [6.07, 6.45) is 5.75. The van der Waals surface area contributed by atoms with Gasteiger partial charge in [0.2, 0.25) is 5.91 Å². The molecule has 2 aliphatic heterocycles. The number of carbonyl (C=O) groups is 1. The van der Waals surface area contributed by atoms with Crippen molar-refractivity contribution in [1.29, 1.82) is 0 Å². The second kappa shape index (κ2) is 9.84. The second-order valence-electron chi connectivity index (χ2n) is 9.70. The summed E-state index contributed by atoms with van der Waals surface area (Å²) in [5.41, 5.74) is 3.31. The lowest BCUT2D eigenvalue weighted by atomic mass is 10.0. The highest BCUT2D eigenvalue weighted by molar-refractivity contribution is 5.78. The molecule has 1 atom stereocenters. The van der Waals surface area contributed by atoms with Gasteiger partial charge in [-0.25, -0.2) is 4.39 Å². The normalized spacial score (nSPS) is 21.5. The van der Waals surface area contributed by atoms with Crippen molar-refractivity contribution in [2.24, 2.45) is 0 Å². The number of aromatic nitrogens is 2. The van der Waals surface area contributed by atoms with Crippen LogP contribution in [-0.2, 0) is 17.6 Å². The van der Waals surface area contributed by atoms with Gasteiger partial charge >= 0.3 is 0 Å². The number of phenolic OH excluding ortho intramolecular Hbond substituents is 1. The van der Waals surface area contributed by atoms with Crippen LogP contribution >= 0.6 is 0 Å². The Morgan fingerprint density at radius 2 is 1.88 bits per heavy atom. The van der Waals surface area contributed by atoms with Crippen LogP contribution in [0.5, 0.6) is 5.75 Å². The summed E-state index contributed by atoms with van der Waals surface area (Å²) in [7, 11) is 0. The number of amides is 1. The molecular weight excluding hydrogens is 437 g/mol. The maximum absolute atomic E-state index is 13.5. The summed E-state index contributed by atoms with van der Waals surface area (Å²) in [4.78, 5) is 16.8. The summed E-state index contributed by atoms with van der Waals surface area (Å²) in [6, 6.07) is 4.16. The van der Waals surface area contributed by atoms with Crippen molar-refractivity contribution in [1.82, 2.24) is 20.0 Å². The molecule has 1 aromatic heterocycles. The van der Waals surface area contributed by atoms with Gasteiger partial charge in [0.05, 0.1) is 12.6 Å². The summed E-state index contributed by atoms with van der Waals surface area (Å²) in [5, 5.41) is 32.4. The second-order valence-corrected chi connectivity index (χ2v) is 9.70. The predicted molar refractivity (Wildman–Crippen MR) is 126 cm³/mol. The predicted octanol–water partition coefficient (Wildman–Crippen LogP) is 2.34. The zero-order valence-electron chi connectivity index (χ0n) is 19.3. The minimum atomic E-state index is -0.484. The molecule has 2 saturated heterocycles. The topological polar surface area (TPSA) is 102 Å². The third kappa shape index (κ3) is 4.86. The van der Waals surface area contributed by atoms with E-state index in [1.165, 1.54) is 6.07 Å². The first-order chi connectivity index (χ1) is 16.5. The van der Waals surface area contributed by atoms with E-state index in [-0.39, 0.29) is 23.8 Å². The molecule has 34 heavy (non-hydrogen) atoms. The number of nitrogens with zero attached hydrogens (tertiary/aromatic N) is 4. The molecule has 1 amide bonds. The van der Waals surface area contributed by atoms with Gasteiger partial charge in [-0.1, -0.05) is 0 Å². The van der Waals surface area contributed by atoms with Crippen LogP contribution in [0.25, 0.3) is 11.3 Å². The molecule has 3 aliphatic rings. The number of halogens is 1. The average Bonchev–Trinajstić information content (AvgIpc) is 3.31. The Hall–Kier alpha value is -2.78. The molecule has 1 aromatic carbocycles. The van der Waals surface area contributed by atoms with Crippen molar-refractivity contribution >= 4 is 11.7 Å². The number of piperidine rings is 2. The number of hydrogen-bond acceptors (Lipinski definition) is 7. The van der Waals surface area contributed by atoms with Crippen molar-refractivity contribution in [2.45, 2.75) is 57.1 Å². The van der Waals surface area contributed by atoms with Crippen LogP contribution in [0, 0.1) is 5.82 Å². The van der Waals surface area contributed by atoms with Crippen LogP contribution in [0.3, 0.4) is 0 Å². The molecule has 9 heteroatoms. The van der Waals surface area contributed by atoms with Gasteiger partial charge in [0.15, 0.2) is 5.82 Å². The fourth-order valence-electron chi connectivity index (χ4n) is 5.44. The molecule has 2 aromatic rings. The summed E-state index contributed by atoms with van der Waals surface area (Å²) < 4.78 is 13.5. The molecular formula is C25H32FN5O3. The van der Waals surface area contributed by atoms with Crippen molar-refractivity contribution in [2.75, 3.05) is 38.0 Å². The number of likely N-dealkylation sites (tertiary alicyclic amines) is 2. The summed E-state index contributed by atoms with van der Waals surface area (Å²) >= 11 is 0. The molecule has 1 aliphatic carbocycles. The van der Waals surface area contributed by atoms with Crippen molar-refractivity contribution < 1.29 is 19.4 Å². The fraction of sp³-hybridized carbons (Fsp3) is 0.560. The van der Waals surface area contributed by atoms with Gasteiger partial charge in [-0.2, -0.15) is 0 Å². The number of aliphatic hydroxyl groups excluding tert-OH is 1. The average molecular weight is 470 g/mol. The largest absolute Gasteiger partial charge is 0.507 e. The number of carbonyl (C=O) groups excluding carboxylic acids is 1. The first-order valence-corrected chi connectivity index (χ1v) is 12.3. The fourth-order valence-corrected chi connectivity index (χ4v) is 5.44. The number of nitrogens with one attached hydrogen (secondary N) is 1. The van der Waals surface area contributed by atoms with Gasteiger partial charge in [-0.15, -0.1) is 10.2 Å². The van der Waals surface area contributed by atoms with E-state index >= 15 is 0 Å². The standard InChI is InChI=1S/C25H32FN5O3/c26-16-6-7-21(22(33)13-16)24-19-4-1-5-20(19)25(29-28-24)27-17-3-2-10-30(14-17)15-23(34)31-11-8-18(32)9-12-31/h6-7,13,17-18,32-33H,1-5,8-12,14-15H2,(H,27,29)/t17-/m1/s1. The number of benzene rings is 1. The minimum Gasteiger partial charge on any atom is -0.507 e. The van der Waals surface area contributed by atoms with E-state index in [1.807, 2.05) is 4.90 Å². The number of rotatable bonds is 5. The molecule has 182 valence electrons. The Kier molecular flexibility index (Phi) is 6.65. The number of fused-ring (bicyclic) bond motifs is 1. The number of hydrogen-bond donors (Lipinski definition) is 3.